The van der Waals surface area contributed by atoms with E-state index in [1.807, 2.05) is 6.07 Å². The van der Waals surface area contributed by atoms with E-state index in [1.54, 1.807) is 6.33 Å². The molecule has 1 rings (SSSR count). The van der Waals surface area contributed by atoms with Crippen LogP contribution in [0.4, 0.5) is 5.82 Å². The van der Waals surface area contributed by atoms with Crippen LogP contribution in [0.1, 0.15) is 26.0 Å². The van der Waals surface area contributed by atoms with Crippen molar-refractivity contribution in [2.75, 3.05) is 11.9 Å². The van der Waals surface area contributed by atoms with Crippen molar-refractivity contribution in [2.24, 2.45) is 5.73 Å². The van der Waals surface area contributed by atoms with Crippen LogP contribution >= 0.6 is 0 Å². The molecule has 1 unspecified atom stereocenters. The van der Waals surface area contributed by atoms with Crippen LogP contribution in [-0.2, 0) is 6.42 Å². The van der Waals surface area contributed by atoms with Crippen LogP contribution in [0.3, 0.4) is 0 Å². The van der Waals surface area contributed by atoms with E-state index in [2.05, 4.69) is 29.1 Å². The molecule has 0 amide bonds. The molecule has 0 aliphatic heterocycles. The average Bonchev–Trinajstić information content (AvgIpc) is 2.26. The van der Waals surface area contributed by atoms with E-state index >= 15 is 0 Å². The number of nitrogens with two attached hydrogens (primary N) is 1. The number of nitrogens with zero attached hydrogens (tertiary/aromatic N) is 2. The minimum atomic E-state index is 0.190. The second-order valence-corrected chi connectivity index (χ2v) is 3.30. The van der Waals surface area contributed by atoms with Gasteiger partial charge in [-0.1, -0.05) is 13.8 Å². The summed E-state index contributed by atoms with van der Waals surface area (Å²) in [4.78, 5) is 8.24. The van der Waals surface area contributed by atoms with E-state index in [9.17, 15) is 0 Å². The van der Waals surface area contributed by atoms with Gasteiger partial charge in [-0.3, -0.25) is 0 Å². The molecule has 4 nitrogen and oxygen atoms in total. The molecule has 0 radical (unpaired) electrons. The third-order valence-electron chi connectivity index (χ3n) is 2.16. The van der Waals surface area contributed by atoms with Crippen LogP contribution in [0.2, 0.25) is 0 Å². The predicted molar refractivity (Wildman–Crippen MR) is 58.2 cm³/mol. The normalized spacial score (nSPS) is 12.5. The van der Waals surface area contributed by atoms with Crippen LogP contribution in [0, 0.1) is 0 Å². The Bertz CT molecular complexity index is 275. The van der Waals surface area contributed by atoms with E-state index in [0.29, 0.717) is 0 Å². The first-order chi connectivity index (χ1) is 6.76. The third-order valence-corrected chi connectivity index (χ3v) is 2.16. The van der Waals surface area contributed by atoms with Crippen molar-refractivity contribution in [3.05, 3.63) is 18.1 Å². The number of nitrogens with one attached hydrogen (secondary N) is 1. The van der Waals surface area contributed by atoms with Gasteiger partial charge in [0.25, 0.3) is 0 Å². The summed E-state index contributed by atoms with van der Waals surface area (Å²) in [5.41, 5.74) is 6.83. The monoisotopic (exact) mass is 194 g/mol. The number of aryl methyl sites for hydroxylation is 1. The molecule has 1 heterocycles. The van der Waals surface area contributed by atoms with Crippen molar-refractivity contribution in [3.8, 4) is 0 Å². The summed E-state index contributed by atoms with van der Waals surface area (Å²) in [7, 11) is 0. The maximum atomic E-state index is 5.79. The van der Waals surface area contributed by atoms with Gasteiger partial charge in [0.1, 0.15) is 12.1 Å². The molecule has 0 aliphatic rings. The molecule has 1 atom stereocenters. The first-order valence-corrected chi connectivity index (χ1v) is 5.06. The predicted octanol–water partition coefficient (Wildman–Crippen LogP) is 1.19. The minimum Gasteiger partial charge on any atom is -0.368 e. The molecule has 0 saturated carbocycles. The average molecular weight is 194 g/mol. The lowest BCUT2D eigenvalue weighted by Gasteiger charge is -2.10. The molecule has 4 heteroatoms. The Kier molecular flexibility index (Phi) is 4.32. The van der Waals surface area contributed by atoms with Crippen molar-refractivity contribution in [2.45, 2.75) is 32.7 Å². The van der Waals surface area contributed by atoms with Crippen molar-refractivity contribution < 1.29 is 0 Å². The van der Waals surface area contributed by atoms with E-state index in [4.69, 9.17) is 5.73 Å². The van der Waals surface area contributed by atoms with Gasteiger partial charge in [-0.05, 0) is 12.8 Å². The second kappa shape index (κ2) is 5.54. The van der Waals surface area contributed by atoms with Gasteiger partial charge in [0.2, 0.25) is 0 Å². The van der Waals surface area contributed by atoms with E-state index < -0.39 is 0 Å². The molecule has 78 valence electrons. The largest absolute Gasteiger partial charge is 0.368 e. The second-order valence-electron chi connectivity index (χ2n) is 3.30. The van der Waals surface area contributed by atoms with Crippen molar-refractivity contribution in [1.29, 1.82) is 0 Å². The quantitative estimate of drug-likeness (QED) is 0.739. The molecular formula is C10H18N4. The van der Waals surface area contributed by atoms with Crippen molar-refractivity contribution in [3.63, 3.8) is 0 Å². The van der Waals surface area contributed by atoms with Gasteiger partial charge in [0.15, 0.2) is 0 Å². The highest BCUT2D eigenvalue weighted by Crippen LogP contribution is 2.04. The zero-order valence-electron chi connectivity index (χ0n) is 8.83. The van der Waals surface area contributed by atoms with Crippen molar-refractivity contribution >= 4 is 5.82 Å². The highest BCUT2D eigenvalue weighted by Gasteiger charge is 2.00. The minimum absolute atomic E-state index is 0.190. The standard InChI is InChI=1S/C10H18N4/c1-3-8(11)6-12-10-5-9(4-2)13-7-14-10/h5,7-8H,3-4,6,11H2,1-2H3,(H,12,13,14). The van der Waals surface area contributed by atoms with Crippen molar-refractivity contribution in [1.82, 2.24) is 9.97 Å². The summed E-state index contributed by atoms with van der Waals surface area (Å²) in [6, 6.07) is 2.15. The van der Waals surface area contributed by atoms with Gasteiger partial charge < -0.3 is 11.1 Å². The molecule has 0 bridgehead atoms. The Morgan fingerprint density at radius 2 is 2.21 bits per heavy atom. The lowest BCUT2D eigenvalue weighted by molar-refractivity contribution is 0.677. The highest BCUT2D eigenvalue weighted by molar-refractivity contribution is 5.34. The molecule has 0 aromatic carbocycles. The maximum absolute atomic E-state index is 5.79. The van der Waals surface area contributed by atoms with Crippen LogP contribution in [0.15, 0.2) is 12.4 Å². The fourth-order valence-corrected chi connectivity index (χ4v) is 1.07. The smallest absolute Gasteiger partial charge is 0.129 e. The maximum Gasteiger partial charge on any atom is 0.129 e. The van der Waals surface area contributed by atoms with E-state index in [-0.39, 0.29) is 6.04 Å². The van der Waals surface area contributed by atoms with Gasteiger partial charge in [-0.2, -0.15) is 0 Å². The summed E-state index contributed by atoms with van der Waals surface area (Å²) >= 11 is 0. The van der Waals surface area contributed by atoms with Crippen LogP contribution in [-0.4, -0.2) is 22.6 Å². The fourth-order valence-electron chi connectivity index (χ4n) is 1.07. The number of hydrogen-bond acceptors (Lipinski definition) is 4. The number of rotatable bonds is 5. The van der Waals surface area contributed by atoms with Crippen LogP contribution < -0.4 is 11.1 Å². The lowest BCUT2D eigenvalue weighted by atomic mass is 10.2. The number of hydrogen-bond donors (Lipinski definition) is 2. The summed E-state index contributed by atoms with van der Waals surface area (Å²) in [5.74, 6) is 0.862. The summed E-state index contributed by atoms with van der Waals surface area (Å²) in [5, 5.41) is 3.19. The third kappa shape index (κ3) is 3.30. The molecule has 14 heavy (non-hydrogen) atoms. The SMILES string of the molecule is CCc1cc(NCC(N)CC)ncn1. The summed E-state index contributed by atoms with van der Waals surface area (Å²) < 4.78 is 0. The zero-order chi connectivity index (χ0) is 10.4. The van der Waals surface area contributed by atoms with Gasteiger partial charge in [0, 0.05) is 24.3 Å². The zero-order valence-corrected chi connectivity index (χ0v) is 8.83. The Balaban J connectivity index is 2.50. The summed E-state index contributed by atoms with van der Waals surface area (Å²) in [6.45, 7) is 4.91. The number of anilines is 1. The van der Waals surface area contributed by atoms with Gasteiger partial charge in [-0.15, -0.1) is 0 Å². The van der Waals surface area contributed by atoms with Gasteiger partial charge in [-0.25, -0.2) is 9.97 Å². The molecule has 0 saturated heterocycles. The molecule has 0 aliphatic carbocycles. The molecule has 3 N–H and O–H groups in total. The molecule has 0 fully saturated rings. The van der Waals surface area contributed by atoms with E-state index in [1.165, 1.54) is 0 Å². The lowest BCUT2D eigenvalue weighted by Crippen LogP contribution is -2.28. The van der Waals surface area contributed by atoms with Gasteiger partial charge >= 0.3 is 0 Å². The Morgan fingerprint density at radius 1 is 1.43 bits per heavy atom. The first-order valence-electron chi connectivity index (χ1n) is 5.06. The Morgan fingerprint density at radius 3 is 2.86 bits per heavy atom. The Labute approximate surface area is 85.0 Å². The molecule has 1 aromatic heterocycles. The van der Waals surface area contributed by atoms with Crippen LogP contribution in [0.5, 0.6) is 0 Å². The fraction of sp³-hybridized carbons (Fsp3) is 0.600. The molecule has 0 spiro atoms. The highest BCUT2D eigenvalue weighted by atomic mass is 15.0. The topological polar surface area (TPSA) is 63.8 Å². The Hall–Kier alpha value is -1.16. The molecule has 1 aromatic rings. The number of aromatic nitrogens is 2. The molecular weight excluding hydrogens is 176 g/mol. The first kappa shape index (κ1) is 10.9. The van der Waals surface area contributed by atoms with Crippen LogP contribution in [0.25, 0.3) is 0 Å². The summed E-state index contributed by atoms with van der Waals surface area (Å²) in [6.07, 6.45) is 3.48. The van der Waals surface area contributed by atoms with E-state index in [0.717, 1.165) is 30.9 Å². The van der Waals surface area contributed by atoms with Gasteiger partial charge in [0.05, 0.1) is 0 Å².